The Bertz CT molecular complexity index is 1310. The molecule has 0 unspecified atom stereocenters. The molecule has 0 fully saturated rings. The highest BCUT2D eigenvalue weighted by Gasteiger charge is 2.19. The van der Waals surface area contributed by atoms with Gasteiger partial charge < -0.3 is 4.74 Å². The Hall–Kier alpha value is -3.23. The van der Waals surface area contributed by atoms with Crippen molar-refractivity contribution < 1.29 is 9.53 Å². The van der Waals surface area contributed by atoms with Crippen LogP contribution in [0.1, 0.15) is 19.5 Å². The van der Waals surface area contributed by atoms with Crippen LogP contribution in [0, 0.1) is 5.92 Å². The van der Waals surface area contributed by atoms with E-state index in [4.69, 9.17) is 16.3 Å². The smallest absolute Gasteiger partial charge is 0.280 e. The zero-order chi connectivity index (χ0) is 21.4. The molecule has 0 atom stereocenters. The van der Waals surface area contributed by atoms with E-state index in [1.807, 2.05) is 12.1 Å². The number of pyridine rings is 1. The number of fused-ring (bicyclic) bond motifs is 3. The monoisotopic (exact) mass is 425 g/mol. The Morgan fingerprint density at radius 1 is 1.23 bits per heavy atom. The van der Waals surface area contributed by atoms with E-state index >= 15 is 0 Å². The number of aromatic nitrogens is 4. The van der Waals surface area contributed by atoms with E-state index in [-0.39, 0.29) is 24.0 Å². The third kappa shape index (κ3) is 3.44. The van der Waals surface area contributed by atoms with Crippen molar-refractivity contribution in [2.24, 2.45) is 5.92 Å². The number of hydrogen-bond acceptors (Lipinski definition) is 5. The van der Waals surface area contributed by atoms with Gasteiger partial charge in [0.2, 0.25) is 5.91 Å². The quantitative estimate of drug-likeness (QED) is 0.530. The van der Waals surface area contributed by atoms with Crippen LogP contribution < -0.4 is 11.0 Å². The predicted molar refractivity (Wildman–Crippen MR) is 115 cm³/mol. The average molecular weight is 426 g/mol. The van der Waals surface area contributed by atoms with E-state index in [0.717, 1.165) is 15.8 Å². The number of hydrogen-bond donors (Lipinski definition) is 1. The average Bonchev–Trinajstić information content (AvgIpc) is 3.09. The lowest BCUT2D eigenvalue weighted by Crippen LogP contribution is -2.35. The summed E-state index contributed by atoms with van der Waals surface area (Å²) in [5, 5.41) is 5.62. The highest BCUT2D eigenvalue weighted by atomic mass is 35.5. The summed E-state index contributed by atoms with van der Waals surface area (Å²) in [6.45, 7) is 3.79. The van der Waals surface area contributed by atoms with Gasteiger partial charge in [-0.3, -0.25) is 15.0 Å². The first-order valence-corrected chi connectivity index (χ1v) is 9.76. The molecule has 154 valence electrons. The van der Waals surface area contributed by atoms with Crippen LogP contribution in [0.3, 0.4) is 0 Å². The molecule has 0 aliphatic rings. The number of amides is 1. The van der Waals surface area contributed by atoms with E-state index in [0.29, 0.717) is 27.3 Å². The van der Waals surface area contributed by atoms with Crippen molar-refractivity contribution in [3.05, 3.63) is 63.8 Å². The summed E-state index contributed by atoms with van der Waals surface area (Å²) in [4.78, 5) is 29.4. The third-order valence-electron chi connectivity index (χ3n) is 4.75. The lowest BCUT2D eigenvalue weighted by atomic mass is 10.1. The molecule has 1 N–H and O–H groups in total. The van der Waals surface area contributed by atoms with Crippen molar-refractivity contribution in [3.8, 4) is 11.1 Å². The number of ether oxygens (including phenoxy) is 1. The van der Waals surface area contributed by atoms with Crippen molar-refractivity contribution in [2.45, 2.75) is 20.5 Å². The maximum Gasteiger partial charge on any atom is 0.280 e. The minimum atomic E-state index is -0.382. The number of nitrogens with zero attached hydrogens (tertiary/aromatic N) is 4. The molecule has 0 radical (unpaired) electrons. The highest BCUT2D eigenvalue weighted by molar-refractivity contribution is 6.30. The molecule has 1 aromatic carbocycles. The van der Waals surface area contributed by atoms with E-state index in [1.54, 1.807) is 43.7 Å². The summed E-state index contributed by atoms with van der Waals surface area (Å²) < 4.78 is 8.11. The molecule has 0 aliphatic carbocycles. The number of carbonyl (C=O) groups is 1. The SMILES string of the molecule is COCc1nn2c(ncc3c(=O)n(NC(=O)C(C)C)ccc32)c1-c1ccc(Cl)cc1. The van der Waals surface area contributed by atoms with Crippen LogP contribution >= 0.6 is 11.6 Å². The van der Waals surface area contributed by atoms with Gasteiger partial charge in [0.15, 0.2) is 5.65 Å². The molecule has 0 saturated heterocycles. The fourth-order valence-corrected chi connectivity index (χ4v) is 3.33. The first-order chi connectivity index (χ1) is 14.4. The largest absolute Gasteiger partial charge is 0.378 e. The lowest BCUT2D eigenvalue weighted by molar-refractivity contribution is -0.119. The van der Waals surface area contributed by atoms with Crippen LogP contribution in [-0.2, 0) is 16.1 Å². The Labute approximate surface area is 177 Å². The van der Waals surface area contributed by atoms with Crippen molar-refractivity contribution in [1.82, 2.24) is 19.3 Å². The molecule has 8 nitrogen and oxygen atoms in total. The Morgan fingerprint density at radius 2 is 1.97 bits per heavy atom. The summed E-state index contributed by atoms with van der Waals surface area (Å²) in [6, 6.07) is 9.11. The number of rotatable bonds is 5. The molecule has 30 heavy (non-hydrogen) atoms. The van der Waals surface area contributed by atoms with Crippen LogP contribution in [0.2, 0.25) is 5.02 Å². The summed E-state index contributed by atoms with van der Waals surface area (Å²) in [5.41, 5.74) is 5.79. The molecule has 4 rings (SSSR count). The predicted octanol–water partition coefficient (Wildman–Crippen LogP) is 3.24. The van der Waals surface area contributed by atoms with Crippen LogP contribution in [0.25, 0.3) is 27.7 Å². The molecule has 0 aliphatic heterocycles. The van der Waals surface area contributed by atoms with Gasteiger partial charge in [-0.05, 0) is 23.8 Å². The van der Waals surface area contributed by atoms with Crippen molar-refractivity contribution >= 4 is 34.1 Å². The van der Waals surface area contributed by atoms with Crippen molar-refractivity contribution in [2.75, 3.05) is 12.5 Å². The van der Waals surface area contributed by atoms with E-state index in [2.05, 4.69) is 15.5 Å². The second-order valence-electron chi connectivity index (χ2n) is 7.18. The number of benzene rings is 1. The second-order valence-corrected chi connectivity index (χ2v) is 7.61. The standard InChI is InChI=1S/C21H20ClN5O3/c1-12(2)20(28)25-26-9-8-17-15(21(26)29)10-23-19-18(13-4-6-14(22)7-5-13)16(11-30-3)24-27(17)19/h4-10,12H,11H2,1-3H3,(H,25,28). The van der Waals surface area contributed by atoms with E-state index in [9.17, 15) is 9.59 Å². The first-order valence-electron chi connectivity index (χ1n) is 9.38. The van der Waals surface area contributed by atoms with Crippen LogP contribution in [0.4, 0.5) is 0 Å². The molecule has 3 aromatic heterocycles. The van der Waals surface area contributed by atoms with E-state index < -0.39 is 0 Å². The van der Waals surface area contributed by atoms with Gasteiger partial charge in [-0.25, -0.2) is 14.2 Å². The van der Waals surface area contributed by atoms with Gasteiger partial charge in [0.1, 0.15) is 0 Å². The Balaban J connectivity index is 1.93. The fraction of sp³-hybridized carbons (Fsp3) is 0.238. The van der Waals surface area contributed by atoms with Crippen LogP contribution in [0.15, 0.2) is 47.5 Å². The topological polar surface area (TPSA) is 90.5 Å². The molecule has 3 heterocycles. The number of methoxy groups -OCH3 is 1. The normalized spacial score (nSPS) is 11.5. The van der Waals surface area contributed by atoms with Crippen LogP contribution in [-0.4, -0.2) is 32.3 Å². The fourth-order valence-electron chi connectivity index (χ4n) is 3.20. The van der Waals surface area contributed by atoms with Crippen molar-refractivity contribution in [3.63, 3.8) is 0 Å². The number of nitrogens with one attached hydrogen (secondary N) is 1. The lowest BCUT2D eigenvalue weighted by Gasteiger charge is -2.11. The van der Waals surface area contributed by atoms with Gasteiger partial charge in [-0.2, -0.15) is 5.10 Å². The third-order valence-corrected chi connectivity index (χ3v) is 5.01. The van der Waals surface area contributed by atoms with Gasteiger partial charge in [0, 0.05) is 30.4 Å². The van der Waals surface area contributed by atoms with E-state index in [1.165, 1.54) is 12.4 Å². The van der Waals surface area contributed by atoms with Gasteiger partial charge in [0.25, 0.3) is 5.56 Å². The Morgan fingerprint density at radius 3 is 2.63 bits per heavy atom. The summed E-state index contributed by atoms with van der Waals surface area (Å²) in [5.74, 6) is -0.505. The summed E-state index contributed by atoms with van der Waals surface area (Å²) in [6.07, 6.45) is 3.02. The molecule has 9 heteroatoms. The Kier molecular flexibility index (Phi) is 5.27. The molecule has 0 spiro atoms. The van der Waals surface area contributed by atoms with Gasteiger partial charge in [-0.1, -0.05) is 37.6 Å². The van der Waals surface area contributed by atoms with Gasteiger partial charge in [-0.15, -0.1) is 0 Å². The minimum absolute atomic E-state index is 0.252. The van der Waals surface area contributed by atoms with Gasteiger partial charge >= 0.3 is 0 Å². The zero-order valence-corrected chi connectivity index (χ0v) is 17.5. The minimum Gasteiger partial charge on any atom is -0.378 e. The number of halogens is 1. The molecular formula is C21H20ClN5O3. The molecule has 0 saturated carbocycles. The second kappa shape index (κ2) is 7.89. The molecule has 4 aromatic rings. The molecule has 1 amide bonds. The van der Waals surface area contributed by atoms with Gasteiger partial charge in [0.05, 0.1) is 28.8 Å². The summed E-state index contributed by atoms with van der Waals surface area (Å²) >= 11 is 6.03. The maximum atomic E-state index is 12.9. The highest BCUT2D eigenvalue weighted by Crippen LogP contribution is 2.30. The zero-order valence-electron chi connectivity index (χ0n) is 16.7. The van der Waals surface area contributed by atoms with Crippen LogP contribution in [0.5, 0.6) is 0 Å². The summed E-state index contributed by atoms with van der Waals surface area (Å²) in [7, 11) is 1.59. The molecular weight excluding hydrogens is 406 g/mol. The maximum absolute atomic E-state index is 12.9. The number of carbonyl (C=O) groups excluding carboxylic acids is 1. The molecule has 0 bridgehead atoms. The van der Waals surface area contributed by atoms with Crippen molar-refractivity contribution in [1.29, 1.82) is 0 Å². The first kappa shape index (κ1) is 20.1.